The van der Waals surface area contributed by atoms with Crippen molar-refractivity contribution < 1.29 is 44.0 Å². The highest BCUT2D eigenvalue weighted by Crippen LogP contribution is 2.35. The van der Waals surface area contributed by atoms with Crippen LogP contribution in [0.25, 0.3) is 0 Å². The van der Waals surface area contributed by atoms with E-state index in [2.05, 4.69) is 9.73 Å². The van der Waals surface area contributed by atoms with E-state index in [1.54, 1.807) is 0 Å². The van der Waals surface area contributed by atoms with Crippen molar-refractivity contribution >= 4 is 15.7 Å². The molecular formula is C20H19F6NO4S. The lowest BCUT2D eigenvalue weighted by Crippen LogP contribution is -2.40. The average molecular weight is 483 g/mol. The number of amides is 1. The van der Waals surface area contributed by atoms with Gasteiger partial charge in [-0.15, -0.1) is 0 Å². The number of sulfone groups is 1. The fourth-order valence-corrected chi connectivity index (χ4v) is 5.55. The van der Waals surface area contributed by atoms with Crippen molar-refractivity contribution in [2.75, 3.05) is 0 Å². The molecule has 5 nitrogen and oxygen atoms in total. The molecule has 3 rings (SSSR count). The number of furan rings is 1. The monoisotopic (exact) mass is 483 g/mol. The summed E-state index contributed by atoms with van der Waals surface area (Å²) in [6, 6.07) is 3.88. The first-order valence-corrected chi connectivity index (χ1v) is 11.1. The molecule has 1 aliphatic carbocycles. The first-order valence-electron chi connectivity index (χ1n) is 9.59. The van der Waals surface area contributed by atoms with Gasteiger partial charge in [-0.3, -0.25) is 4.79 Å². The Bertz CT molecular complexity index is 1100. The number of alkyl halides is 6. The maximum Gasteiger partial charge on any atom is 0.450 e. The van der Waals surface area contributed by atoms with Crippen LogP contribution in [-0.2, 0) is 22.2 Å². The van der Waals surface area contributed by atoms with Crippen LogP contribution in [0.15, 0.2) is 39.6 Å². The zero-order valence-corrected chi connectivity index (χ0v) is 17.5. The lowest BCUT2D eigenvalue weighted by Gasteiger charge is -2.29. The van der Waals surface area contributed by atoms with E-state index < -0.39 is 61.2 Å². The normalized spacial score (nSPS) is 20.2. The maximum absolute atomic E-state index is 13.0. The second kappa shape index (κ2) is 8.45. The van der Waals surface area contributed by atoms with Crippen LogP contribution in [0.4, 0.5) is 26.3 Å². The van der Waals surface area contributed by atoms with Gasteiger partial charge in [0.25, 0.3) is 5.91 Å². The minimum absolute atomic E-state index is 0.0417. The number of carbonyl (C=O) groups is 1. The van der Waals surface area contributed by atoms with Crippen molar-refractivity contribution in [1.29, 1.82) is 0 Å². The van der Waals surface area contributed by atoms with E-state index in [1.165, 1.54) is 6.92 Å². The molecule has 0 bridgehead atoms. The molecule has 0 saturated heterocycles. The Balaban J connectivity index is 1.68. The molecule has 0 atom stereocenters. The third-order valence-corrected chi connectivity index (χ3v) is 7.56. The molecule has 0 radical (unpaired) electrons. The number of nitrogens with one attached hydrogen (secondary N) is 1. The van der Waals surface area contributed by atoms with Gasteiger partial charge in [-0.25, -0.2) is 8.42 Å². The number of aryl methyl sites for hydroxylation is 1. The predicted octanol–water partition coefficient (Wildman–Crippen LogP) is 5.14. The second-order valence-electron chi connectivity index (χ2n) is 7.62. The minimum Gasteiger partial charge on any atom is -0.456 e. The molecule has 1 aromatic carbocycles. The highest BCUT2D eigenvalue weighted by Gasteiger charge is 2.41. The highest BCUT2D eigenvalue weighted by atomic mass is 32.2. The Morgan fingerprint density at radius 1 is 1.00 bits per heavy atom. The van der Waals surface area contributed by atoms with Crippen LogP contribution in [0.3, 0.4) is 0 Å². The van der Waals surface area contributed by atoms with Gasteiger partial charge in [-0.1, -0.05) is 6.07 Å². The summed E-state index contributed by atoms with van der Waals surface area (Å²) in [4.78, 5) is 11.9. The van der Waals surface area contributed by atoms with Crippen molar-refractivity contribution in [2.45, 2.75) is 61.1 Å². The summed E-state index contributed by atoms with van der Waals surface area (Å²) in [6.45, 7) is 1.27. The van der Waals surface area contributed by atoms with Crippen molar-refractivity contribution in [3.63, 3.8) is 0 Å². The highest BCUT2D eigenvalue weighted by molar-refractivity contribution is 7.92. The van der Waals surface area contributed by atoms with Gasteiger partial charge in [0, 0.05) is 6.04 Å². The van der Waals surface area contributed by atoms with Gasteiger partial charge in [0.2, 0.25) is 5.76 Å². The predicted molar refractivity (Wildman–Crippen MR) is 101 cm³/mol. The number of halogens is 6. The molecule has 0 aliphatic heterocycles. The van der Waals surface area contributed by atoms with Crippen LogP contribution in [-0.4, -0.2) is 25.6 Å². The third kappa shape index (κ3) is 5.11. The first-order chi connectivity index (χ1) is 14.7. The van der Waals surface area contributed by atoms with Crippen LogP contribution < -0.4 is 5.32 Å². The molecule has 0 unspecified atom stereocenters. The van der Waals surface area contributed by atoms with Crippen molar-refractivity contribution in [3.05, 3.63) is 53.0 Å². The second-order valence-corrected chi connectivity index (χ2v) is 9.84. The van der Waals surface area contributed by atoms with E-state index in [0.717, 1.165) is 24.3 Å². The standard InChI is InChI=1S/C20H19F6NO4S/c1-11-9-16(17(31-11)20(24,25)26)18(28)27-13-5-7-14(8-6-13)32(29,30)15-4-2-3-12(10-15)19(21,22)23/h2-4,9-10,13-14H,5-8H2,1H3,(H,27,28)/t13-,14+. The maximum atomic E-state index is 13.0. The molecule has 32 heavy (non-hydrogen) atoms. The molecule has 1 amide bonds. The molecule has 1 N–H and O–H groups in total. The van der Waals surface area contributed by atoms with Crippen LogP contribution in [0.2, 0.25) is 0 Å². The van der Waals surface area contributed by atoms with Gasteiger partial charge < -0.3 is 9.73 Å². The number of carbonyl (C=O) groups excluding carboxylic acids is 1. The van der Waals surface area contributed by atoms with E-state index in [-0.39, 0.29) is 31.4 Å². The number of hydrogen-bond acceptors (Lipinski definition) is 4. The smallest absolute Gasteiger partial charge is 0.450 e. The third-order valence-electron chi connectivity index (χ3n) is 5.30. The lowest BCUT2D eigenvalue weighted by molar-refractivity contribution is -0.153. The van der Waals surface area contributed by atoms with Gasteiger partial charge in [0.15, 0.2) is 9.84 Å². The molecule has 176 valence electrons. The SMILES string of the molecule is Cc1cc(C(=O)N[C@H]2CC[C@@H](S(=O)(=O)c3cccc(C(F)(F)F)c3)CC2)c(C(F)(F)F)o1. The Kier molecular flexibility index (Phi) is 6.38. The number of benzene rings is 1. The van der Waals surface area contributed by atoms with E-state index in [1.807, 2.05) is 0 Å². The Morgan fingerprint density at radius 3 is 2.19 bits per heavy atom. The van der Waals surface area contributed by atoms with Crippen LogP contribution in [0, 0.1) is 6.92 Å². The van der Waals surface area contributed by atoms with Crippen LogP contribution in [0.1, 0.15) is 53.1 Å². The Morgan fingerprint density at radius 2 is 1.62 bits per heavy atom. The molecule has 0 spiro atoms. The molecular weight excluding hydrogens is 464 g/mol. The van der Waals surface area contributed by atoms with Gasteiger partial charge in [-0.05, 0) is 56.9 Å². The summed E-state index contributed by atoms with van der Waals surface area (Å²) in [6.07, 6.45) is -9.16. The first kappa shape index (κ1) is 24.1. The largest absolute Gasteiger partial charge is 0.456 e. The minimum atomic E-state index is -4.85. The number of hydrogen-bond donors (Lipinski definition) is 1. The van der Waals surface area contributed by atoms with E-state index >= 15 is 0 Å². The van der Waals surface area contributed by atoms with Crippen molar-refractivity contribution in [1.82, 2.24) is 5.32 Å². The van der Waals surface area contributed by atoms with Crippen LogP contribution in [0.5, 0.6) is 0 Å². The summed E-state index contributed by atoms with van der Waals surface area (Å²) in [5, 5.41) is 1.50. The Hall–Kier alpha value is -2.50. The number of rotatable bonds is 4. The van der Waals surface area contributed by atoms with E-state index in [0.29, 0.717) is 6.07 Å². The van der Waals surface area contributed by atoms with Crippen LogP contribution >= 0.6 is 0 Å². The average Bonchev–Trinajstić information content (AvgIpc) is 3.10. The lowest BCUT2D eigenvalue weighted by atomic mass is 9.94. The van der Waals surface area contributed by atoms with Gasteiger partial charge >= 0.3 is 12.4 Å². The van der Waals surface area contributed by atoms with Gasteiger partial charge in [0.1, 0.15) is 5.76 Å². The molecule has 1 saturated carbocycles. The Labute approximate surface area is 179 Å². The van der Waals surface area contributed by atoms with E-state index in [9.17, 15) is 39.6 Å². The molecule has 1 aromatic heterocycles. The summed E-state index contributed by atoms with van der Waals surface area (Å²) >= 11 is 0. The zero-order valence-electron chi connectivity index (χ0n) is 16.7. The fraction of sp³-hybridized carbons (Fsp3) is 0.450. The fourth-order valence-electron chi connectivity index (χ4n) is 3.72. The van der Waals surface area contributed by atoms with Crippen molar-refractivity contribution in [2.24, 2.45) is 0 Å². The topological polar surface area (TPSA) is 76.4 Å². The summed E-state index contributed by atoms with van der Waals surface area (Å²) in [5.41, 5.74) is -1.73. The molecule has 1 aliphatic rings. The molecule has 1 fully saturated rings. The summed E-state index contributed by atoms with van der Waals surface area (Å²) < 4.78 is 108. The van der Waals surface area contributed by atoms with Crippen molar-refractivity contribution in [3.8, 4) is 0 Å². The summed E-state index contributed by atoms with van der Waals surface area (Å²) in [7, 11) is -4.05. The summed E-state index contributed by atoms with van der Waals surface area (Å²) in [5.74, 6) is -2.48. The van der Waals surface area contributed by atoms with Gasteiger partial charge in [-0.2, -0.15) is 26.3 Å². The molecule has 1 heterocycles. The molecule has 12 heteroatoms. The van der Waals surface area contributed by atoms with Gasteiger partial charge in [0.05, 0.1) is 21.3 Å². The zero-order chi connectivity index (χ0) is 23.9. The quantitative estimate of drug-likeness (QED) is 0.611. The van der Waals surface area contributed by atoms with E-state index in [4.69, 9.17) is 0 Å². The molecule has 2 aromatic rings.